The van der Waals surface area contributed by atoms with Crippen molar-refractivity contribution < 1.29 is 19.2 Å². The van der Waals surface area contributed by atoms with Crippen molar-refractivity contribution in [2.45, 2.75) is 55.9 Å². The number of benzene rings is 1. The van der Waals surface area contributed by atoms with Crippen LogP contribution in [0, 0.1) is 0 Å². The molecule has 1 aromatic carbocycles. The zero-order valence-electron chi connectivity index (χ0n) is 15.5. The minimum Gasteiger partial charge on any atom is -0.295 e. The predicted octanol–water partition coefficient (Wildman–Crippen LogP) is 3.53. The molecule has 0 radical (unpaired) electrons. The third-order valence-electron chi connectivity index (χ3n) is 4.96. The van der Waals surface area contributed by atoms with Gasteiger partial charge in [0.15, 0.2) is 0 Å². The summed E-state index contributed by atoms with van der Waals surface area (Å²) in [6.45, 7) is 0. The summed E-state index contributed by atoms with van der Waals surface area (Å²) in [5, 5.41) is 3.26. The van der Waals surface area contributed by atoms with E-state index in [1.54, 1.807) is 23.9 Å². The Morgan fingerprint density at radius 3 is 2.46 bits per heavy atom. The monoisotopic (exact) mass is 466 g/mol. The number of amides is 4. The van der Waals surface area contributed by atoms with Crippen molar-refractivity contribution in [3.05, 3.63) is 29.3 Å². The maximum atomic E-state index is 12.8. The molecular weight excluding hydrogens is 444 g/mol. The minimum absolute atomic E-state index is 0.126. The van der Waals surface area contributed by atoms with Crippen LogP contribution in [0.1, 0.15) is 65.7 Å². The molecule has 0 bridgehead atoms. The number of halogens is 1. The van der Waals surface area contributed by atoms with E-state index in [1.165, 1.54) is 25.7 Å². The Kier molecular flexibility index (Phi) is 7.29. The molecular formula is C20H23BrN2O4S. The van der Waals surface area contributed by atoms with E-state index in [0.29, 0.717) is 11.1 Å². The largest absolute Gasteiger partial charge is 0.295 e. The summed E-state index contributed by atoms with van der Waals surface area (Å²) in [6.07, 6.45) is 6.27. The van der Waals surface area contributed by atoms with E-state index >= 15 is 0 Å². The number of unbranched alkanes of at least 4 members (excludes halogenated alkanes) is 4. The number of hydrogen-bond donors (Lipinski definition) is 1. The van der Waals surface area contributed by atoms with E-state index in [9.17, 15) is 19.2 Å². The first kappa shape index (κ1) is 21.0. The maximum Gasteiger partial charge on any atom is 0.262 e. The van der Waals surface area contributed by atoms with Crippen LogP contribution in [0.15, 0.2) is 23.1 Å². The van der Waals surface area contributed by atoms with Crippen LogP contribution >= 0.6 is 27.7 Å². The summed E-state index contributed by atoms with van der Waals surface area (Å²) in [7, 11) is 0. The van der Waals surface area contributed by atoms with Crippen LogP contribution in [0.5, 0.6) is 0 Å². The van der Waals surface area contributed by atoms with Crippen molar-refractivity contribution in [1.82, 2.24) is 10.2 Å². The Balaban J connectivity index is 1.60. The number of imide groups is 2. The topological polar surface area (TPSA) is 83.6 Å². The highest BCUT2D eigenvalue weighted by Gasteiger charge is 2.44. The molecule has 1 unspecified atom stereocenters. The smallest absolute Gasteiger partial charge is 0.262 e. The molecule has 1 saturated heterocycles. The second kappa shape index (κ2) is 9.69. The lowest BCUT2D eigenvalue weighted by Gasteiger charge is -2.27. The van der Waals surface area contributed by atoms with Crippen LogP contribution in [0.4, 0.5) is 0 Å². The number of piperidine rings is 1. The fraction of sp³-hybridized carbons (Fsp3) is 0.500. The molecule has 2 aliphatic heterocycles. The lowest BCUT2D eigenvalue weighted by Crippen LogP contribution is -2.54. The Bertz CT molecular complexity index is 798. The number of fused-ring (bicyclic) bond motifs is 1. The summed E-state index contributed by atoms with van der Waals surface area (Å²) in [6, 6.07) is 4.35. The van der Waals surface area contributed by atoms with Gasteiger partial charge in [-0.2, -0.15) is 0 Å². The number of carbonyl (C=O) groups is 4. The molecule has 3 rings (SSSR count). The van der Waals surface area contributed by atoms with Crippen LogP contribution in [0.3, 0.4) is 0 Å². The molecule has 28 heavy (non-hydrogen) atoms. The molecule has 2 aliphatic rings. The molecule has 6 nitrogen and oxygen atoms in total. The van der Waals surface area contributed by atoms with Gasteiger partial charge in [0.05, 0.1) is 11.1 Å². The Morgan fingerprint density at radius 2 is 1.71 bits per heavy atom. The van der Waals surface area contributed by atoms with Crippen molar-refractivity contribution >= 4 is 51.3 Å². The number of rotatable bonds is 9. The maximum absolute atomic E-state index is 12.8. The van der Waals surface area contributed by atoms with Gasteiger partial charge in [0.1, 0.15) is 6.04 Å². The Morgan fingerprint density at radius 1 is 1.00 bits per heavy atom. The fourth-order valence-corrected chi connectivity index (χ4v) is 4.80. The highest BCUT2D eigenvalue weighted by atomic mass is 79.9. The quantitative estimate of drug-likeness (QED) is 0.260. The molecule has 0 saturated carbocycles. The van der Waals surface area contributed by atoms with Gasteiger partial charge in [-0.25, -0.2) is 0 Å². The zero-order valence-corrected chi connectivity index (χ0v) is 17.9. The van der Waals surface area contributed by atoms with Crippen molar-refractivity contribution in [2.24, 2.45) is 0 Å². The van der Waals surface area contributed by atoms with Crippen molar-refractivity contribution in [3.8, 4) is 0 Å². The van der Waals surface area contributed by atoms with Gasteiger partial charge in [-0.05, 0) is 43.2 Å². The van der Waals surface area contributed by atoms with Crippen LogP contribution in [-0.2, 0) is 9.59 Å². The summed E-state index contributed by atoms with van der Waals surface area (Å²) in [5.41, 5.74) is 0.672. The average Bonchev–Trinajstić information content (AvgIpc) is 2.92. The van der Waals surface area contributed by atoms with Gasteiger partial charge in [-0.3, -0.25) is 29.4 Å². The van der Waals surface area contributed by atoms with E-state index in [0.717, 1.165) is 27.3 Å². The second-order valence-electron chi connectivity index (χ2n) is 6.96. The van der Waals surface area contributed by atoms with Gasteiger partial charge in [0, 0.05) is 16.6 Å². The minimum atomic E-state index is -0.916. The van der Waals surface area contributed by atoms with Gasteiger partial charge in [-0.1, -0.05) is 35.2 Å². The SMILES string of the molecule is O=C1CCC(N2C(=O)c3ccc(SCCCCCCCBr)cc3C2=O)C(=O)N1. The van der Waals surface area contributed by atoms with E-state index < -0.39 is 23.8 Å². The number of carbonyl (C=O) groups excluding carboxylic acids is 4. The molecule has 4 amide bonds. The molecule has 1 atom stereocenters. The van der Waals surface area contributed by atoms with Crippen molar-refractivity contribution in [1.29, 1.82) is 0 Å². The van der Waals surface area contributed by atoms with Gasteiger partial charge in [0.2, 0.25) is 11.8 Å². The van der Waals surface area contributed by atoms with E-state index in [-0.39, 0.29) is 18.7 Å². The zero-order chi connectivity index (χ0) is 20.1. The van der Waals surface area contributed by atoms with Gasteiger partial charge in [0.25, 0.3) is 11.8 Å². The number of hydrogen-bond acceptors (Lipinski definition) is 5. The number of alkyl halides is 1. The highest BCUT2D eigenvalue weighted by molar-refractivity contribution is 9.09. The number of nitrogens with one attached hydrogen (secondary N) is 1. The Hall–Kier alpha value is -1.67. The molecule has 8 heteroatoms. The van der Waals surface area contributed by atoms with Crippen LogP contribution in [0.2, 0.25) is 0 Å². The van der Waals surface area contributed by atoms with Gasteiger partial charge >= 0.3 is 0 Å². The predicted molar refractivity (Wildman–Crippen MR) is 111 cm³/mol. The fourth-order valence-electron chi connectivity index (χ4n) is 3.46. The molecule has 1 fully saturated rings. The summed E-state index contributed by atoms with van der Waals surface area (Å²) >= 11 is 5.11. The van der Waals surface area contributed by atoms with Gasteiger partial charge in [-0.15, -0.1) is 11.8 Å². The first-order valence-corrected chi connectivity index (χ1v) is 11.7. The standard InChI is InChI=1S/C20H23BrN2O4S/c21-10-4-2-1-3-5-11-28-13-6-7-14-15(12-13)20(27)23(19(14)26)16-8-9-17(24)22-18(16)25/h6-7,12,16H,1-5,8-11H2,(H,22,24,25). The molecule has 2 heterocycles. The number of thioether (sulfide) groups is 1. The number of nitrogens with zero attached hydrogens (tertiary/aromatic N) is 1. The molecule has 0 spiro atoms. The molecule has 150 valence electrons. The van der Waals surface area contributed by atoms with Gasteiger partial charge < -0.3 is 0 Å². The van der Waals surface area contributed by atoms with E-state index in [2.05, 4.69) is 21.2 Å². The molecule has 1 aromatic rings. The van der Waals surface area contributed by atoms with Crippen LogP contribution in [0.25, 0.3) is 0 Å². The first-order chi connectivity index (χ1) is 13.5. The van der Waals surface area contributed by atoms with E-state index in [1.807, 2.05) is 6.07 Å². The molecule has 0 aromatic heterocycles. The summed E-state index contributed by atoms with van der Waals surface area (Å²) in [4.78, 5) is 50.8. The lowest BCUT2D eigenvalue weighted by molar-refractivity contribution is -0.136. The summed E-state index contributed by atoms with van der Waals surface area (Å²) < 4.78 is 0. The average molecular weight is 467 g/mol. The second-order valence-corrected chi connectivity index (χ2v) is 8.92. The van der Waals surface area contributed by atoms with Crippen molar-refractivity contribution in [3.63, 3.8) is 0 Å². The van der Waals surface area contributed by atoms with Crippen molar-refractivity contribution in [2.75, 3.05) is 11.1 Å². The molecule has 0 aliphatic carbocycles. The molecule has 1 N–H and O–H groups in total. The lowest BCUT2D eigenvalue weighted by atomic mass is 10.0. The van der Waals surface area contributed by atoms with Crippen LogP contribution in [-0.4, -0.2) is 45.7 Å². The van der Waals surface area contributed by atoms with Crippen LogP contribution < -0.4 is 5.32 Å². The third-order valence-corrected chi connectivity index (χ3v) is 6.60. The Labute approximate surface area is 176 Å². The third kappa shape index (κ3) is 4.66. The normalized spacial score (nSPS) is 19.2. The summed E-state index contributed by atoms with van der Waals surface area (Å²) in [5.74, 6) is -0.903. The highest BCUT2D eigenvalue weighted by Crippen LogP contribution is 2.31. The first-order valence-electron chi connectivity index (χ1n) is 9.57. The van der Waals surface area contributed by atoms with E-state index in [4.69, 9.17) is 0 Å².